The van der Waals surface area contributed by atoms with Crippen LogP contribution in [0.5, 0.6) is 0 Å². The molecule has 0 radical (unpaired) electrons. The molecule has 8 N–H and O–H groups in total. The molecule has 0 bridgehead atoms. The number of amides is 1. The maximum atomic E-state index is 11.3. The summed E-state index contributed by atoms with van der Waals surface area (Å²) >= 11 is 0. The summed E-state index contributed by atoms with van der Waals surface area (Å²) < 4.78 is 15.7. The molecule has 12 heteroatoms. The highest BCUT2D eigenvalue weighted by Crippen LogP contribution is 2.25. The molecule has 12 nitrogen and oxygen atoms in total. The Labute approximate surface area is 148 Å². The van der Waals surface area contributed by atoms with Gasteiger partial charge in [-0.2, -0.15) is 0 Å². The van der Waals surface area contributed by atoms with Crippen molar-refractivity contribution < 1.29 is 54.8 Å². The lowest BCUT2D eigenvalue weighted by Gasteiger charge is -2.43. The quantitative estimate of drug-likeness (QED) is 0.226. The zero-order chi connectivity index (χ0) is 19.6. The monoisotopic (exact) mass is 383 g/mol. The molecule has 1 unspecified atom stereocenters. The van der Waals surface area contributed by atoms with Crippen LogP contribution in [0.4, 0.5) is 0 Å². The molecule has 2 heterocycles. The van der Waals surface area contributed by atoms with Crippen molar-refractivity contribution in [2.45, 2.75) is 68.3 Å². The predicted molar refractivity (Wildman–Crippen MR) is 80.2 cm³/mol. The summed E-state index contributed by atoms with van der Waals surface area (Å²) in [6.45, 7) is 0.0944. The third-order valence-corrected chi connectivity index (χ3v) is 4.36. The highest BCUT2D eigenvalue weighted by Gasteiger charge is 2.47. The molecule has 0 saturated carbocycles. The van der Waals surface area contributed by atoms with Gasteiger partial charge in [-0.25, -0.2) is 0 Å². The summed E-state index contributed by atoms with van der Waals surface area (Å²) in [6, 6.07) is -1.19. The van der Waals surface area contributed by atoms with E-state index in [1.165, 1.54) is 6.92 Å². The third-order valence-electron chi connectivity index (χ3n) is 4.36. The van der Waals surface area contributed by atoms with Crippen LogP contribution >= 0.6 is 0 Å². The normalized spacial score (nSPS) is 46.8. The van der Waals surface area contributed by atoms with Crippen molar-refractivity contribution >= 4 is 5.91 Å². The fourth-order valence-corrected chi connectivity index (χ4v) is 2.87. The fourth-order valence-electron chi connectivity index (χ4n) is 2.87. The van der Waals surface area contributed by atoms with Crippen LogP contribution in [0.15, 0.2) is 0 Å². The zero-order valence-electron chi connectivity index (χ0n) is 14.0. The Kier molecular flexibility index (Phi) is 7.27. The van der Waals surface area contributed by atoms with Gasteiger partial charge in [0.1, 0.15) is 48.8 Å². The van der Waals surface area contributed by atoms with Gasteiger partial charge in [0, 0.05) is 6.92 Å². The van der Waals surface area contributed by atoms with Crippen LogP contribution in [-0.2, 0) is 19.0 Å². The lowest BCUT2D eigenvalue weighted by Crippen LogP contribution is -2.65. The van der Waals surface area contributed by atoms with Crippen molar-refractivity contribution in [1.82, 2.24) is 5.32 Å². The highest BCUT2D eigenvalue weighted by atomic mass is 16.7. The van der Waals surface area contributed by atoms with Crippen molar-refractivity contribution in [2.24, 2.45) is 0 Å². The van der Waals surface area contributed by atoms with E-state index in [1.807, 2.05) is 0 Å². The lowest BCUT2D eigenvalue weighted by atomic mass is 9.96. The number of aliphatic hydroxyl groups excluding tert-OH is 7. The number of ether oxygens (including phenoxy) is 3. The van der Waals surface area contributed by atoms with Crippen LogP contribution in [0.25, 0.3) is 0 Å². The van der Waals surface area contributed by atoms with Gasteiger partial charge in [-0.15, -0.1) is 0 Å². The first-order chi connectivity index (χ1) is 12.2. The van der Waals surface area contributed by atoms with Gasteiger partial charge in [0.25, 0.3) is 0 Å². The van der Waals surface area contributed by atoms with Crippen LogP contribution in [0.1, 0.15) is 6.92 Å². The molecule has 0 spiro atoms. The van der Waals surface area contributed by atoms with Gasteiger partial charge < -0.3 is 55.3 Å². The third kappa shape index (κ3) is 4.48. The minimum absolute atomic E-state index is 0.455. The minimum Gasteiger partial charge on any atom is -0.394 e. The number of carbonyl (C=O) groups is 1. The largest absolute Gasteiger partial charge is 0.394 e. The summed E-state index contributed by atoms with van der Waals surface area (Å²) in [6.07, 6.45) is -13.5. The van der Waals surface area contributed by atoms with Crippen molar-refractivity contribution in [3.8, 4) is 0 Å². The molecule has 1 amide bonds. The Balaban J connectivity index is 2.05. The first-order valence-corrected chi connectivity index (χ1v) is 8.06. The highest BCUT2D eigenvalue weighted by molar-refractivity contribution is 5.73. The molecule has 2 aliphatic rings. The topological polar surface area (TPSA) is 198 Å². The van der Waals surface area contributed by atoms with Gasteiger partial charge in [-0.1, -0.05) is 0 Å². The second-order valence-corrected chi connectivity index (χ2v) is 6.30. The molecule has 2 fully saturated rings. The Bertz CT molecular complexity index is 480. The molecule has 0 aromatic carbocycles. The van der Waals surface area contributed by atoms with E-state index in [2.05, 4.69) is 5.32 Å². The van der Waals surface area contributed by atoms with E-state index < -0.39 is 80.5 Å². The Morgan fingerprint density at radius 2 is 1.54 bits per heavy atom. The van der Waals surface area contributed by atoms with E-state index in [0.29, 0.717) is 0 Å². The summed E-state index contributed by atoms with van der Waals surface area (Å²) in [7, 11) is 0. The van der Waals surface area contributed by atoms with Gasteiger partial charge in [0.05, 0.1) is 13.2 Å². The minimum atomic E-state index is -1.75. The van der Waals surface area contributed by atoms with Crippen molar-refractivity contribution in [1.29, 1.82) is 0 Å². The number of rotatable bonds is 5. The molecule has 2 aliphatic heterocycles. The van der Waals surface area contributed by atoms with E-state index in [9.17, 15) is 40.5 Å². The molecule has 0 aliphatic carbocycles. The van der Waals surface area contributed by atoms with Crippen molar-refractivity contribution in [2.75, 3.05) is 13.2 Å². The number of hydrogen-bond acceptors (Lipinski definition) is 11. The second kappa shape index (κ2) is 8.84. The summed E-state index contributed by atoms with van der Waals surface area (Å²) in [5.41, 5.74) is 0. The lowest BCUT2D eigenvalue weighted by molar-refractivity contribution is -0.311. The number of aliphatic hydroxyl groups is 7. The molecular formula is C14H25NO11. The zero-order valence-corrected chi connectivity index (χ0v) is 14.0. The van der Waals surface area contributed by atoms with Crippen molar-refractivity contribution in [3.63, 3.8) is 0 Å². The van der Waals surface area contributed by atoms with Gasteiger partial charge in [0.15, 0.2) is 12.6 Å². The summed E-state index contributed by atoms with van der Waals surface area (Å²) in [4.78, 5) is 11.3. The van der Waals surface area contributed by atoms with E-state index in [1.54, 1.807) is 0 Å². The Morgan fingerprint density at radius 3 is 2.12 bits per heavy atom. The average Bonchev–Trinajstić information content (AvgIpc) is 2.60. The smallest absolute Gasteiger partial charge is 0.217 e. The maximum absolute atomic E-state index is 11.3. The molecular weight excluding hydrogens is 358 g/mol. The van der Waals surface area contributed by atoms with E-state index >= 15 is 0 Å². The number of carbonyl (C=O) groups excluding carboxylic acids is 1. The van der Waals surface area contributed by atoms with E-state index in [0.717, 1.165) is 0 Å². The second-order valence-electron chi connectivity index (χ2n) is 6.30. The van der Waals surface area contributed by atoms with Gasteiger partial charge in [-0.05, 0) is 0 Å². The summed E-state index contributed by atoms with van der Waals surface area (Å²) in [5.74, 6) is -0.538. The molecule has 152 valence electrons. The standard InChI is InChI=1S/C14H25NO11/c1-4(17)15-7-10(20)8(18)5(2-16)26-14(7)24-3-6-9(19)11(21)12(22)13(23)25-6/h5-14,16,18-23H,2-3H2,1H3,(H,15,17)/t5-,6-,7-,8-,9-,10-,11+,12+,13?,14-/m1/s1. The van der Waals surface area contributed by atoms with Crippen LogP contribution in [0.3, 0.4) is 0 Å². The first-order valence-electron chi connectivity index (χ1n) is 8.06. The van der Waals surface area contributed by atoms with Crippen molar-refractivity contribution in [3.05, 3.63) is 0 Å². The predicted octanol–water partition coefficient (Wildman–Crippen LogP) is -5.25. The first kappa shape index (κ1) is 21.4. The van der Waals surface area contributed by atoms with Gasteiger partial charge >= 0.3 is 0 Å². The van der Waals surface area contributed by atoms with E-state index in [-0.39, 0.29) is 0 Å². The van der Waals surface area contributed by atoms with E-state index in [4.69, 9.17) is 14.2 Å². The Hall–Kier alpha value is -0.930. The number of nitrogens with one attached hydrogen (secondary N) is 1. The molecule has 0 aromatic heterocycles. The SMILES string of the molecule is CC(=O)N[C@H]1[C@H](OC[C@H]2OC(O)[C@@H](O)[C@@H](O)[C@@H]2O)O[C@H](CO)[C@@H](O)[C@@H]1O. The van der Waals surface area contributed by atoms with Gasteiger partial charge in [-0.3, -0.25) is 4.79 Å². The van der Waals surface area contributed by atoms with Crippen LogP contribution in [0.2, 0.25) is 0 Å². The average molecular weight is 383 g/mol. The molecule has 10 atom stereocenters. The number of hydrogen-bond donors (Lipinski definition) is 8. The molecule has 2 saturated heterocycles. The van der Waals surface area contributed by atoms with Crippen LogP contribution in [0, 0.1) is 0 Å². The molecule has 2 rings (SSSR count). The van der Waals surface area contributed by atoms with Crippen LogP contribution in [-0.4, -0.2) is 116 Å². The molecule has 0 aromatic rings. The summed E-state index contributed by atoms with van der Waals surface area (Å²) in [5, 5.41) is 70.1. The fraction of sp³-hybridized carbons (Fsp3) is 0.929. The molecule has 26 heavy (non-hydrogen) atoms. The van der Waals surface area contributed by atoms with Gasteiger partial charge in [0.2, 0.25) is 5.91 Å². The Morgan fingerprint density at radius 1 is 0.923 bits per heavy atom. The van der Waals surface area contributed by atoms with Crippen LogP contribution < -0.4 is 5.32 Å². The maximum Gasteiger partial charge on any atom is 0.217 e.